The molecule has 2 fully saturated rings. The Morgan fingerprint density at radius 1 is 1.29 bits per heavy atom. The Morgan fingerprint density at radius 3 is 2.86 bits per heavy atom. The van der Waals surface area contributed by atoms with E-state index in [2.05, 4.69) is 17.6 Å². The molecule has 0 saturated heterocycles. The second-order valence-electron chi connectivity index (χ2n) is 6.69. The lowest BCUT2D eigenvalue weighted by molar-refractivity contribution is -0.123. The molecule has 2 aromatic rings. The van der Waals surface area contributed by atoms with Crippen molar-refractivity contribution in [1.29, 1.82) is 0 Å². The lowest BCUT2D eigenvalue weighted by atomic mass is 9.84. The Balaban J connectivity index is 1.60. The number of nitrogens with zero attached hydrogens (tertiary/aromatic N) is 2. The largest absolute Gasteiger partial charge is 0.328 e. The zero-order chi connectivity index (χ0) is 14.4. The van der Waals surface area contributed by atoms with Crippen molar-refractivity contribution in [2.75, 3.05) is 0 Å². The molecule has 21 heavy (non-hydrogen) atoms. The summed E-state index contributed by atoms with van der Waals surface area (Å²) < 4.78 is 2.19. The van der Waals surface area contributed by atoms with Gasteiger partial charge in [-0.05, 0) is 50.2 Å². The number of Topliss-reactive ketones (excluding diaryl/α,β-unsaturated/α-hetero) is 1. The fourth-order valence-electron chi connectivity index (χ4n) is 4.54. The summed E-state index contributed by atoms with van der Waals surface area (Å²) in [7, 11) is 0. The van der Waals surface area contributed by atoms with E-state index in [1.54, 1.807) is 0 Å². The van der Waals surface area contributed by atoms with E-state index in [-0.39, 0.29) is 0 Å². The molecule has 3 heteroatoms. The van der Waals surface area contributed by atoms with Crippen LogP contribution in [0.1, 0.15) is 38.4 Å². The molecule has 2 bridgehead atoms. The Morgan fingerprint density at radius 2 is 2.14 bits per heavy atom. The molecule has 1 heterocycles. The molecule has 0 amide bonds. The van der Waals surface area contributed by atoms with Crippen molar-refractivity contribution < 1.29 is 4.79 Å². The SMILES string of the molecule is CCn1c(CC(=O)C2CC3CCC2C3)nc2ccccc21. The molecular weight excluding hydrogens is 260 g/mol. The molecule has 2 saturated carbocycles. The Kier molecular flexibility index (Phi) is 3.09. The van der Waals surface area contributed by atoms with Gasteiger partial charge >= 0.3 is 0 Å². The summed E-state index contributed by atoms with van der Waals surface area (Å²) in [4.78, 5) is 17.4. The third kappa shape index (κ3) is 2.10. The van der Waals surface area contributed by atoms with Crippen molar-refractivity contribution in [1.82, 2.24) is 9.55 Å². The molecule has 1 aromatic heterocycles. The Labute approximate surface area is 125 Å². The minimum atomic E-state index is 0.314. The first-order valence-corrected chi connectivity index (χ1v) is 8.23. The van der Waals surface area contributed by atoms with Crippen molar-refractivity contribution in [3.8, 4) is 0 Å². The van der Waals surface area contributed by atoms with Gasteiger partial charge in [0.1, 0.15) is 11.6 Å². The van der Waals surface area contributed by atoms with Gasteiger partial charge < -0.3 is 4.57 Å². The molecular formula is C18H22N2O. The summed E-state index contributed by atoms with van der Waals surface area (Å²) >= 11 is 0. The topological polar surface area (TPSA) is 34.9 Å². The van der Waals surface area contributed by atoms with Gasteiger partial charge in [0.05, 0.1) is 17.5 Å². The number of para-hydroxylation sites is 2. The minimum absolute atomic E-state index is 0.314. The van der Waals surface area contributed by atoms with E-state index >= 15 is 0 Å². The lowest BCUT2D eigenvalue weighted by Gasteiger charge is -2.20. The number of aromatic nitrogens is 2. The van der Waals surface area contributed by atoms with Gasteiger partial charge in [0.2, 0.25) is 0 Å². The predicted octanol–water partition coefficient (Wildman–Crippen LogP) is 3.60. The smallest absolute Gasteiger partial charge is 0.143 e. The predicted molar refractivity (Wildman–Crippen MR) is 83.1 cm³/mol. The summed E-state index contributed by atoms with van der Waals surface area (Å²) in [6.07, 6.45) is 5.56. The summed E-state index contributed by atoms with van der Waals surface area (Å²) in [6, 6.07) is 8.18. The van der Waals surface area contributed by atoms with Crippen molar-refractivity contribution in [3.63, 3.8) is 0 Å². The van der Waals surface area contributed by atoms with E-state index in [9.17, 15) is 4.79 Å². The van der Waals surface area contributed by atoms with Gasteiger partial charge in [0, 0.05) is 12.5 Å². The Hall–Kier alpha value is -1.64. The number of carbonyl (C=O) groups is 1. The molecule has 3 unspecified atom stereocenters. The first kappa shape index (κ1) is 13.1. The van der Waals surface area contributed by atoms with Crippen LogP contribution < -0.4 is 0 Å². The van der Waals surface area contributed by atoms with Crippen LogP contribution in [-0.4, -0.2) is 15.3 Å². The standard InChI is InChI=1S/C18H22N2O/c1-2-20-16-6-4-3-5-15(16)19-18(20)11-17(21)14-10-12-7-8-13(14)9-12/h3-6,12-14H,2,7-11H2,1H3. The fourth-order valence-corrected chi connectivity index (χ4v) is 4.54. The number of benzene rings is 1. The average molecular weight is 282 g/mol. The van der Waals surface area contributed by atoms with Crippen molar-refractivity contribution in [2.24, 2.45) is 17.8 Å². The van der Waals surface area contributed by atoms with Gasteiger partial charge in [-0.25, -0.2) is 4.98 Å². The number of aryl methyl sites for hydroxylation is 1. The maximum Gasteiger partial charge on any atom is 0.143 e. The van der Waals surface area contributed by atoms with Crippen LogP contribution in [0.25, 0.3) is 11.0 Å². The molecule has 4 rings (SSSR count). The number of ketones is 1. The van der Waals surface area contributed by atoms with E-state index in [1.165, 1.54) is 19.3 Å². The van der Waals surface area contributed by atoms with Gasteiger partial charge in [0.15, 0.2) is 0 Å². The van der Waals surface area contributed by atoms with Crippen molar-refractivity contribution in [3.05, 3.63) is 30.1 Å². The van der Waals surface area contributed by atoms with E-state index in [0.717, 1.165) is 35.7 Å². The second kappa shape index (κ2) is 4.97. The maximum atomic E-state index is 12.7. The zero-order valence-corrected chi connectivity index (χ0v) is 12.6. The van der Waals surface area contributed by atoms with Crippen LogP contribution in [0.2, 0.25) is 0 Å². The van der Waals surface area contributed by atoms with Crippen LogP contribution in [0.5, 0.6) is 0 Å². The summed E-state index contributed by atoms with van der Waals surface area (Å²) in [5.74, 6) is 3.18. The highest BCUT2D eigenvalue weighted by molar-refractivity contribution is 5.85. The Bertz CT molecular complexity index is 688. The van der Waals surface area contributed by atoms with Crippen molar-refractivity contribution >= 4 is 16.8 Å². The molecule has 1 aromatic carbocycles. The second-order valence-corrected chi connectivity index (χ2v) is 6.69. The fraction of sp³-hybridized carbons (Fsp3) is 0.556. The summed E-state index contributed by atoms with van der Waals surface area (Å²) in [6.45, 7) is 3.00. The van der Waals surface area contributed by atoms with Gasteiger partial charge in [-0.3, -0.25) is 4.79 Å². The van der Waals surface area contributed by atoms with E-state index in [4.69, 9.17) is 4.98 Å². The molecule has 2 aliphatic rings. The number of rotatable bonds is 4. The van der Waals surface area contributed by atoms with Crippen LogP contribution in [0.4, 0.5) is 0 Å². The summed E-state index contributed by atoms with van der Waals surface area (Å²) in [5.41, 5.74) is 2.16. The van der Waals surface area contributed by atoms with Crippen LogP contribution in [0.3, 0.4) is 0 Å². The minimum Gasteiger partial charge on any atom is -0.328 e. The van der Waals surface area contributed by atoms with Gasteiger partial charge in [0.25, 0.3) is 0 Å². The molecule has 0 aliphatic heterocycles. The molecule has 3 atom stereocenters. The van der Waals surface area contributed by atoms with Crippen LogP contribution in [-0.2, 0) is 17.8 Å². The number of hydrogen-bond donors (Lipinski definition) is 0. The number of fused-ring (bicyclic) bond motifs is 3. The maximum absolute atomic E-state index is 12.7. The van der Waals surface area contributed by atoms with Crippen LogP contribution >= 0.6 is 0 Å². The molecule has 110 valence electrons. The lowest BCUT2D eigenvalue weighted by Crippen LogP contribution is -2.23. The first-order chi connectivity index (χ1) is 10.3. The first-order valence-electron chi connectivity index (χ1n) is 8.23. The number of imidazole rings is 1. The number of carbonyl (C=O) groups excluding carboxylic acids is 1. The van der Waals surface area contributed by atoms with E-state index in [1.807, 2.05) is 18.2 Å². The zero-order valence-electron chi connectivity index (χ0n) is 12.6. The van der Waals surface area contributed by atoms with E-state index in [0.29, 0.717) is 24.0 Å². The molecule has 0 radical (unpaired) electrons. The third-order valence-corrected chi connectivity index (χ3v) is 5.53. The van der Waals surface area contributed by atoms with Gasteiger partial charge in [-0.15, -0.1) is 0 Å². The normalized spacial score (nSPS) is 27.6. The summed E-state index contributed by atoms with van der Waals surface area (Å²) in [5, 5.41) is 0. The van der Waals surface area contributed by atoms with Gasteiger partial charge in [-0.2, -0.15) is 0 Å². The highest BCUT2D eigenvalue weighted by atomic mass is 16.1. The monoisotopic (exact) mass is 282 g/mol. The van der Waals surface area contributed by atoms with Crippen molar-refractivity contribution in [2.45, 2.75) is 45.6 Å². The number of hydrogen-bond acceptors (Lipinski definition) is 2. The highest BCUT2D eigenvalue weighted by Crippen LogP contribution is 2.48. The molecule has 0 spiro atoms. The highest BCUT2D eigenvalue weighted by Gasteiger charge is 2.42. The molecule has 0 N–H and O–H groups in total. The molecule has 2 aliphatic carbocycles. The average Bonchev–Trinajstić information content (AvgIpc) is 3.20. The van der Waals surface area contributed by atoms with Crippen LogP contribution in [0, 0.1) is 17.8 Å². The van der Waals surface area contributed by atoms with Crippen LogP contribution in [0.15, 0.2) is 24.3 Å². The third-order valence-electron chi connectivity index (χ3n) is 5.53. The molecule has 3 nitrogen and oxygen atoms in total. The quantitative estimate of drug-likeness (QED) is 0.858. The van der Waals surface area contributed by atoms with E-state index < -0.39 is 0 Å². The van der Waals surface area contributed by atoms with Gasteiger partial charge in [-0.1, -0.05) is 18.6 Å².